The lowest BCUT2D eigenvalue weighted by atomic mass is 10.1. The molecule has 122 valence electrons. The molecule has 0 heterocycles. The third kappa shape index (κ3) is 4.48. The van der Waals surface area contributed by atoms with Crippen molar-refractivity contribution in [1.29, 1.82) is 0 Å². The summed E-state index contributed by atoms with van der Waals surface area (Å²) in [4.78, 5) is 10.8. The van der Waals surface area contributed by atoms with Crippen LogP contribution in [0.1, 0.15) is 28.4 Å². The summed E-state index contributed by atoms with van der Waals surface area (Å²) in [6.07, 6.45) is -3.71. The summed E-state index contributed by atoms with van der Waals surface area (Å²) in [6.45, 7) is 2.12. The maximum atomic E-state index is 12.7. The van der Waals surface area contributed by atoms with Crippen LogP contribution in [0.5, 0.6) is 11.5 Å². The second-order valence-electron chi connectivity index (χ2n) is 4.74. The molecule has 0 aliphatic rings. The molecular formula is C17H15F3O3. The second kappa shape index (κ2) is 7.17. The van der Waals surface area contributed by atoms with E-state index in [2.05, 4.69) is 0 Å². The van der Waals surface area contributed by atoms with Crippen LogP contribution in [0, 0.1) is 0 Å². The molecule has 2 aromatic carbocycles. The first-order chi connectivity index (χ1) is 10.9. The van der Waals surface area contributed by atoms with Crippen molar-refractivity contribution < 1.29 is 27.4 Å². The average molecular weight is 324 g/mol. The molecule has 0 aliphatic carbocycles. The highest BCUT2D eigenvalue weighted by Crippen LogP contribution is 2.31. The van der Waals surface area contributed by atoms with Crippen LogP contribution < -0.4 is 9.47 Å². The topological polar surface area (TPSA) is 35.5 Å². The molecule has 0 spiro atoms. The molecule has 0 saturated carbocycles. The minimum absolute atomic E-state index is 0.0373. The van der Waals surface area contributed by atoms with Gasteiger partial charge in [-0.15, -0.1) is 0 Å². The zero-order valence-corrected chi connectivity index (χ0v) is 12.4. The SMILES string of the molecule is CCOc1cc(C=O)ccc1OCc1cccc(C(F)(F)F)c1. The first-order valence-corrected chi connectivity index (χ1v) is 6.95. The highest BCUT2D eigenvalue weighted by molar-refractivity contribution is 5.76. The lowest BCUT2D eigenvalue weighted by Gasteiger charge is -2.13. The fourth-order valence-electron chi connectivity index (χ4n) is 1.98. The van der Waals surface area contributed by atoms with Gasteiger partial charge in [0, 0.05) is 5.56 Å². The minimum Gasteiger partial charge on any atom is -0.490 e. The summed E-state index contributed by atoms with van der Waals surface area (Å²) in [5, 5.41) is 0. The van der Waals surface area contributed by atoms with Gasteiger partial charge in [-0.05, 0) is 42.8 Å². The molecule has 3 nitrogen and oxygen atoms in total. The van der Waals surface area contributed by atoms with Crippen molar-refractivity contribution >= 4 is 6.29 Å². The molecule has 0 aromatic heterocycles. The Labute approximate surface area is 131 Å². The maximum absolute atomic E-state index is 12.7. The number of carbonyl (C=O) groups is 1. The van der Waals surface area contributed by atoms with Gasteiger partial charge in [0.2, 0.25) is 0 Å². The van der Waals surface area contributed by atoms with Gasteiger partial charge in [0.1, 0.15) is 12.9 Å². The average Bonchev–Trinajstić information content (AvgIpc) is 2.53. The van der Waals surface area contributed by atoms with E-state index >= 15 is 0 Å². The van der Waals surface area contributed by atoms with Gasteiger partial charge in [0.05, 0.1) is 12.2 Å². The van der Waals surface area contributed by atoms with Gasteiger partial charge in [-0.3, -0.25) is 4.79 Å². The molecule has 0 N–H and O–H groups in total. The Morgan fingerprint density at radius 3 is 2.48 bits per heavy atom. The second-order valence-corrected chi connectivity index (χ2v) is 4.74. The summed E-state index contributed by atoms with van der Waals surface area (Å²) >= 11 is 0. The number of hydrogen-bond donors (Lipinski definition) is 0. The monoisotopic (exact) mass is 324 g/mol. The molecule has 0 radical (unpaired) electrons. The highest BCUT2D eigenvalue weighted by Gasteiger charge is 2.30. The van der Waals surface area contributed by atoms with Gasteiger partial charge in [-0.2, -0.15) is 13.2 Å². The number of alkyl halides is 3. The molecule has 0 unspecified atom stereocenters. The first-order valence-electron chi connectivity index (χ1n) is 6.95. The van der Waals surface area contributed by atoms with E-state index in [4.69, 9.17) is 9.47 Å². The number of rotatable bonds is 6. The zero-order chi connectivity index (χ0) is 16.9. The molecule has 0 atom stereocenters. The number of benzene rings is 2. The van der Waals surface area contributed by atoms with Crippen LogP contribution in [0.2, 0.25) is 0 Å². The van der Waals surface area contributed by atoms with Crippen molar-refractivity contribution in [3.05, 3.63) is 59.2 Å². The summed E-state index contributed by atoms with van der Waals surface area (Å²) in [6, 6.07) is 9.57. The number of aldehydes is 1. The molecule has 0 amide bonds. The van der Waals surface area contributed by atoms with Crippen LogP contribution in [0.15, 0.2) is 42.5 Å². The predicted molar refractivity (Wildman–Crippen MR) is 78.8 cm³/mol. The van der Waals surface area contributed by atoms with Crippen molar-refractivity contribution in [1.82, 2.24) is 0 Å². The third-order valence-corrected chi connectivity index (χ3v) is 3.05. The van der Waals surface area contributed by atoms with Gasteiger partial charge >= 0.3 is 6.18 Å². The van der Waals surface area contributed by atoms with Gasteiger partial charge in [-0.25, -0.2) is 0 Å². The molecule has 0 fully saturated rings. The van der Waals surface area contributed by atoms with E-state index in [1.54, 1.807) is 25.1 Å². The Hall–Kier alpha value is -2.50. The Balaban J connectivity index is 2.16. The van der Waals surface area contributed by atoms with E-state index in [0.29, 0.717) is 35.5 Å². The van der Waals surface area contributed by atoms with E-state index in [0.717, 1.165) is 12.1 Å². The largest absolute Gasteiger partial charge is 0.490 e. The third-order valence-electron chi connectivity index (χ3n) is 3.05. The summed E-state index contributed by atoms with van der Waals surface area (Å²) in [5.41, 5.74) is 0.0986. The van der Waals surface area contributed by atoms with E-state index in [1.165, 1.54) is 12.1 Å². The van der Waals surface area contributed by atoms with Crippen molar-refractivity contribution in [3.63, 3.8) is 0 Å². The number of hydrogen-bond acceptors (Lipinski definition) is 3. The van der Waals surface area contributed by atoms with Gasteiger partial charge in [-0.1, -0.05) is 12.1 Å². The molecule has 23 heavy (non-hydrogen) atoms. The van der Waals surface area contributed by atoms with Crippen LogP contribution in [-0.2, 0) is 12.8 Å². The normalized spacial score (nSPS) is 11.1. The summed E-state index contributed by atoms with van der Waals surface area (Å²) in [5.74, 6) is 0.749. The standard InChI is InChI=1S/C17H15F3O3/c1-2-22-16-9-12(10-21)6-7-15(16)23-11-13-4-3-5-14(8-13)17(18,19)20/h3-10H,2,11H2,1H3. The van der Waals surface area contributed by atoms with Crippen molar-refractivity contribution in [2.75, 3.05) is 6.61 Å². The van der Waals surface area contributed by atoms with Crippen LogP contribution in [-0.4, -0.2) is 12.9 Å². The highest BCUT2D eigenvalue weighted by atomic mass is 19.4. The zero-order valence-electron chi connectivity index (χ0n) is 12.4. The summed E-state index contributed by atoms with van der Waals surface area (Å²) in [7, 11) is 0. The number of halogens is 3. The van der Waals surface area contributed by atoms with Crippen LogP contribution >= 0.6 is 0 Å². The quantitative estimate of drug-likeness (QED) is 0.734. The number of carbonyl (C=O) groups excluding carboxylic acids is 1. The molecule has 0 aliphatic heterocycles. The van der Waals surface area contributed by atoms with Crippen molar-refractivity contribution in [3.8, 4) is 11.5 Å². The molecular weight excluding hydrogens is 309 g/mol. The van der Waals surface area contributed by atoms with Crippen LogP contribution in [0.3, 0.4) is 0 Å². The van der Waals surface area contributed by atoms with Gasteiger partial charge < -0.3 is 9.47 Å². The molecule has 2 aromatic rings. The van der Waals surface area contributed by atoms with Crippen LogP contribution in [0.25, 0.3) is 0 Å². The van der Waals surface area contributed by atoms with Crippen molar-refractivity contribution in [2.24, 2.45) is 0 Å². The Kier molecular flexibility index (Phi) is 5.26. The molecule has 6 heteroatoms. The lowest BCUT2D eigenvalue weighted by Crippen LogP contribution is -2.06. The Morgan fingerprint density at radius 2 is 1.83 bits per heavy atom. The van der Waals surface area contributed by atoms with Crippen LogP contribution in [0.4, 0.5) is 13.2 Å². The Bertz CT molecular complexity index is 681. The number of ether oxygens (including phenoxy) is 2. The van der Waals surface area contributed by atoms with Gasteiger partial charge in [0.15, 0.2) is 11.5 Å². The van der Waals surface area contributed by atoms with E-state index in [-0.39, 0.29) is 6.61 Å². The molecule has 0 bridgehead atoms. The smallest absolute Gasteiger partial charge is 0.416 e. The van der Waals surface area contributed by atoms with Gasteiger partial charge in [0.25, 0.3) is 0 Å². The first kappa shape index (κ1) is 16.9. The fourth-order valence-corrected chi connectivity index (χ4v) is 1.98. The predicted octanol–water partition coefficient (Wildman–Crippen LogP) is 4.50. The lowest BCUT2D eigenvalue weighted by molar-refractivity contribution is -0.137. The maximum Gasteiger partial charge on any atom is 0.416 e. The Morgan fingerprint density at radius 1 is 1.04 bits per heavy atom. The fraction of sp³-hybridized carbons (Fsp3) is 0.235. The van der Waals surface area contributed by atoms with E-state index in [1.807, 2.05) is 0 Å². The van der Waals surface area contributed by atoms with E-state index in [9.17, 15) is 18.0 Å². The van der Waals surface area contributed by atoms with E-state index < -0.39 is 11.7 Å². The molecule has 0 saturated heterocycles. The minimum atomic E-state index is -4.39. The molecule has 2 rings (SSSR count). The summed E-state index contributed by atoms with van der Waals surface area (Å²) < 4.78 is 49.0. The van der Waals surface area contributed by atoms with Crippen molar-refractivity contribution in [2.45, 2.75) is 19.7 Å².